The van der Waals surface area contributed by atoms with Gasteiger partial charge in [-0.15, -0.1) is 10.2 Å². The number of piperazine rings is 1. The van der Waals surface area contributed by atoms with Gasteiger partial charge in [0.05, 0.1) is 5.69 Å². The fourth-order valence-electron chi connectivity index (χ4n) is 4.62. The van der Waals surface area contributed by atoms with Gasteiger partial charge in [-0.3, -0.25) is 4.90 Å². The normalized spacial score (nSPS) is 22.8. The highest BCUT2D eigenvalue weighted by molar-refractivity contribution is 5.78. The van der Waals surface area contributed by atoms with Crippen LogP contribution in [0.5, 0.6) is 0 Å². The number of H-pyrrole nitrogens is 1. The number of nitrogens with zero attached hydrogens (tertiary/aromatic N) is 7. The topological polar surface area (TPSA) is 86.7 Å². The molecule has 3 aromatic rings. The van der Waals surface area contributed by atoms with Gasteiger partial charge in [-0.05, 0) is 54.8 Å². The monoisotopic (exact) mass is 440 g/mol. The number of tetrazole rings is 1. The summed E-state index contributed by atoms with van der Waals surface area (Å²) >= 11 is 0. The van der Waals surface area contributed by atoms with Gasteiger partial charge >= 0.3 is 0 Å². The van der Waals surface area contributed by atoms with E-state index >= 15 is 0 Å². The highest BCUT2D eigenvalue weighted by Gasteiger charge is 2.56. The number of halogens is 2. The van der Waals surface area contributed by atoms with Crippen molar-refractivity contribution in [2.75, 3.05) is 24.5 Å². The van der Waals surface area contributed by atoms with Crippen LogP contribution in [0.25, 0.3) is 11.4 Å². The predicted molar refractivity (Wildman–Crippen MR) is 115 cm³/mol. The molecule has 2 aliphatic rings. The molecule has 1 aliphatic carbocycles. The number of aryl methyl sites for hydroxylation is 1. The molecule has 2 aromatic heterocycles. The molecule has 0 bridgehead atoms. The first kappa shape index (κ1) is 20.9. The number of rotatable bonds is 6. The number of alkyl halides is 2. The van der Waals surface area contributed by atoms with E-state index in [0.717, 1.165) is 54.3 Å². The molecule has 2 fully saturated rings. The van der Waals surface area contributed by atoms with E-state index in [4.69, 9.17) is 0 Å². The van der Waals surface area contributed by atoms with Gasteiger partial charge in [-0.25, -0.2) is 8.78 Å². The van der Waals surface area contributed by atoms with Gasteiger partial charge in [0.25, 0.3) is 5.92 Å². The maximum Gasteiger partial charge on any atom is 0.251 e. The van der Waals surface area contributed by atoms with E-state index in [0.29, 0.717) is 12.2 Å². The third-order valence-electron chi connectivity index (χ3n) is 6.48. The summed E-state index contributed by atoms with van der Waals surface area (Å²) in [5.41, 5.74) is 4.73. The van der Waals surface area contributed by atoms with Crippen molar-refractivity contribution in [1.29, 1.82) is 0 Å². The van der Waals surface area contributed by atoms with Crippen molar-refractivity contribution in [2.45, 2.75) is 45.2 Å². The van der Waals surface area contributed by atoms with Crippen molar-refractivity contribution in [1.82, 2.24) is 35.7 Å². The number of anilines is 1. The lowest BCUT2D eigenvalue weighted by Gasteiger charge is -2.41. The van der Waals surface area contributed by atoms with Crippen LogP contribution in [0, 0.1) is 12.8 Å². The minimum atomic E-state index is -2.53. The predicted octanol–water partition coefficient (Wildman–Crippen LogP) is 2.87. The Bertz CT molecular complexity index is 1070. The highest BCUT2D eigenvalue weighted by Crippen LogP contribution is 2.50. The molecular formula is C22H26F2N8. The van der Waals surface area contributed by atoms with Gasteiger partial charge < -0.3 is 4.90 Å². The van der Waals surface area contributed by atoms with Crippen molar-refractivity contribution in [3.05, 3.63) is 47.3 Å². The minimum absolute atomic E-state index is 0.0218. The van der Waals surface area contributed by atoms with Crippen LogP contribution in [-0.4, -0.2) is 67.3 Å². The van der Waals surface area contributed by atoms with Crippen LogP contribution in [0.2, 0.25) is 0 Å². The zero-order valence-corrected chi connectivity index (χ0v) is 18.2. The SMILES string of the molecule is Cc1cc(CC2CC2(F)F)cc(N2CCN(Cc3cccnn3)[C@@H](C)C2)c1-c1nn[nH]n1. The van der Waals surface area contributed by atoms with E-state index in [1.165, 1.54) is 0 Å². The number of nitrogens with one attached hydrogen (secondary N) is 1. The minimum Gasteiger partial charge on any atom is -0.368 e. The average molecular weight is 441 g/mol. The Kier molecular flexibility index (Phi) is 5.32. The Labute approximate surface area is 185 Å². The van der Waals surface area contributed by atoms with Gasteiger partial charge in [0.2, 0.25) is 5.82 Å². The van der Waals surface area contributed by atoms with Gasteiger partial charge in [0.15, 0.2) is 0 Å². The zero-order chi connectivity index (χ0) is 22.3. The van der Waals surface area contributed by atoms with Crippen LogP contribution in [0.3, 0.4) is 0 Å². The van der Waals surface area contributed by atoms with Crippen molar-refractivity contribution in [3.8, 4) is 11.4 Å². The third kappa shape index (κ3) is 4.19. The van der Waals surface area contributed by atoms with Gasteiger partial charge in [-0.1, -0.05) is 6.07 Å². The number of benzene rings is 1. The number of hydrogen-bond donors (Lipinski definition) is 1. The van der Waals surface area contributed by atoms with Crippen LogP contribution >= 0.6 is 0 Å². The molecule has 2 atom stereocenters. The summed E-state index contributed by atoms with van der Waals surface area (Å²) in [4.78, 5) is 4.70. The molecule has 3 heterocycles. The first-order valence-corrected chi connectivity index (χ1v) is 10.9. The Morgan fingerprint density at radius 1 is 1.22 bits per heavy atom. The van der Waals surface area contributed by atoms with E-state index < -0.39 is 11.8 Å². The summed E-state index contributed by atoms with van der Waals surface area (Å²) in [7, 11) is 0. The molecule has 32 heavy (non-hydrogen) atoms. The molecule has 168 valence electrons. The summed E-state index contributed by atoms with van der Waals surface area (Å²) in [6.07, 6.45) is 2.04. The smallest absolute Gasteiger partial charge is 0.251 e. The highest BCUT2D eigenvalue weighted by atomic mass is 19.3. The Morgan fingerprint density at radius 2 is 2.06 bits per heavy atom. The number of aromatic nitrogens is 6. The molecule has 0 spiro atoms. The lowest BCUT2D eigenvalue weighted by atomic mass is 9.97. The summed E-state index contributed by atoms with van der Waals surface area (Å²) in [6, 6.07) is 8.19. The molecule has 10 heteroatoms. The molecule has 0 amide bonds. The summed E-state index contributed by atoms with van der Waals surface area (Å²) in [5.74, 6) is -2.56. The summed E-state index contributed by atoms with van der Waals surface area (Å²) in [5, 5.41) is 22.8. The maximum atomic E-state index is 13.6. The molecular weight excluding hydrogens is 414 g/mol. The maximum absolute atomic E-state index is 13.6. The second kappa shape index (κ2) is 8.16. The quantitative estimate of drug-likeness (QED) is 0.631. The van der Waals surface area contributed by atoms with Crippen LogP contribution in [0.15, 0.2) is 30.5 Å². The second-order valence-corrected chi connectivity index (χ2v) is 8.89. The van der Waals surface area contributed by atoms with Crippen LogP contribution in [-0.2, 0) is 13.0 Å². The second-order valence-electron chi connectivity index (χ2n) is 8.89. The van der Waals surface area contributed by atoms with E-state index in [-0.39, 0.29) is 12.5 Å². The Morgan fingerprint density at radius 3 is 2.72 bits per heavy atom. The first-order valence-electron chi connectivity index (χ1n) is 10.9. The van der Waals surface area contributed by atoms with E-state index in [1.807, 2.05) is 31.2 Å². The molecule has 1 unspecified atom stereocenters. The fourth-order valence-corrected chi connectivity index (χ4v) is 4.62. The molecule has 1 aromatic carbocycles. The van der Waals surface area contributed by atoms with Crippen molar-refractivity contribution < 1.29 is 8.78 Å². The molecule has 1 saturated heterocycles. The van der Waals surface area contributed by atoms with Crippen molar-refractivity contribution >= 4 is 5.69 Å². The van der Waals surface area contributed by atoms with Gasteiger partial charge in [0.1, 0.15) is 0 Å². The average Bonchev–Trinajstić information content (AvgIpc) is 3.14. The van der Waals surface area contributed by atoms with Gasteiger partial charge in [-0.2, -0.15) is 15.4 Å². The lowest BCUT2D eigenvalue weighted by molar-refractivity contribution is 0.0989. The summed E-state index contributed by atoms with van der Waals surface area (Å²) < 4.78 is 27.1. The lowest BCUT2D eigenvalue weighted by Crippen LogP contribution is -2.51. The Balaban J connectivity index is 1.40. The largest absolute Gasteiger partial charge is 0.368 e. The molecule has 8 nitrogen and oxygen atoms in total. The van der Waals surface area contributed by atoms with Crippen LogP contribution in [0.4, 0.5) is 14.5 Å². The van der Waals surface area contributed by atoms with Crippen molar-refractivity contribution in [3.63, 3.8) is 0 Å². The van der Waals surface area contributed by atoms with E-state index in [9.17, 15) is 8.78 Å². The van der Waals surface area contributed by atoms with Crippen LogP contribution in [0.1, 0.15) is 30.2 Å². The van der Waals surface area contributed by atoms with E-state index in [1.54, 1.807) is 6.20 Å². The standard InChI is InChI=1S/C22H26F2N8/c1-14-8-16(9-17-11-22(17,23)24)10-19(20(14)21-27-29-30-28-21)32-7-6-31(15(2)12-32)13-18-4-3-5-25-26-18/h3-5,8,10,15,17H,6-7,9,11-13H2,1-2H3,(H,27,28,29,30)/t15-,17?/m0/s1. The molecule has 1 saturated carbocycles. The number of hydrogen-bond acceptors (Lipinski definition) is 7. The number of aromatic amines is 1. The fraction of sp³-hybridized carbons (Fsp3) is 0.500. The Hall–Kier alpha value is -3.01. The molecule has 1 aliphatic heterocycles. The van der Waals surface area contributed by atoms with Crippen LogP contribution < -0.4 is 4.90 Å². The third-order valence-corrected chi connectivity index (χ3v) is 6.48. The zero-order valence-electron chi connectivity index (χ0n) is 18.2. The molecule has 1 N–H and O–H groups in total. The van der Waals surface area contributed by atoms with Crippen molar-refractivity contribution in [2.24, 2.45) is 5.92 Å². The van der Waals surface area contributed by atoms with Gasteiger partial charge in [0, 0.05) is 62.0 Å². The first-order chi connectivity index (χ1) is 15.4. The summed E-state index contributed by atoms with van der Waals surface area (Å²) in [6.45, 7) is 7.38. The van der Waals surface area contributed by atoms with E-state index in [2.05, 4.69) is 47.5 Å². The molecule has 0 radical (unpaired) electrons. The molecule has 5 rings (SSSR count).